The van der Waals surface area contributed by atoms with Crippen molar-refractivity contribution >= 4 is 0 Å². The lowest BCUT2D eigenvalue weighted by molar-refractivity contribution is 0.383. The third kappa shape index (κ3) is 3.18. The molecule has 1 heterocycles. The van der Waals surface area contributed by atoms with Gasteiger partial charge >= 0.3 is 0 Å². The van der Waals surface area contributed by atoms with Crippen molar-refractivity contribution in [2.75, 3.05) is 7.11 Å². The topological polar surface area (TPSA) is 35.0 Å². The molecule has 0 spiro atoms. The van der Waals surface area contributed by atoms with Gasteiger partial charge in [-0.25, -0.2) is 4.98 Å². The first-order valence-corrected chi connectivity index (χ1v) is 5.44. The molecule has 0 aliphatic rings. The van der Waals surface area contributed by atoms with Crippen molar-refractivity contribution in [2.24, 2.45) is 5.92 Å². The van der Waals surface area contributed by atoms with Crippen LogP contribution in [0.25, 0.3) is 0 Å². The van der Waals surface area contributed by atoms with Gasteiger partial charge in [-0.3, -0.25) is 4.98 Å². The van der Waals surface area contributed by atoms with Crippen LogP contribution in [0.3, 0.4) is 0 Å². The van der Waals surface area contributed by atoms with Crippen LogP contribution in [0.1, 0.15) is 45.0 Å². The minimum absolute atomic E-state index is 0.348. The Balaban J connectivity index is 2.97. The molecule has 0 atom stereocenters. The minimum atomic E-state index is 0.348. The van der Waals surface area contributed by atoms with Gasteiger partial charge in [-0.15, -0.1) is 0 Å². The van der Waals surface area contributed by atoms with Crippen LogP contribution in [0.4, 0.5) is 0 Å². The van der Waals surface area contributed by atoms with Crippen LogP contribution in [0.5, 0.6) is 5.88 Å². The van der Waals surface area contributed by atoms with E-state index in [4.69, 9.17) is 4.74 Å². The number of hydrogen-bond donors (Lipinski definition) is 0. The average molecular weight is 208 g/mol. The summed E-state index contributed by atoms with van der Waals surface area (Å²) in [5, 5.41) is 0. The lowest BCUT2D eigenvalue weighted by Crippen LogP contribution is -2.05. The molecule has 0 saturated heterocycles. The zero-order chi connectivity index (χ0) is 11.4. The van der Waals surface area contributed by atoms with Crippen molar-refractivity contribution in [3.05, 3.63) is 17.6 Å². The van der Waals surface area contributed by atoms with Gasteiger partial charge in [0.25, 0.3) is 0 Å². The quantitative estimate of drug-likeness (QED) is 0.763. The predicted octanol–water partition coefficient (Wildman–Crippen LogP) is 2.81. The average Bonchev–Trinajstić information content (AvgIpc) is 2.16. The Bertz CT molecular complexity index is 321. The van der Waals surface area contributed by atoms with E-state index in [1.807, 2.05) is 6.20 Å². The maximum absolute atomic E-state index is 5.26. The van der Waals surface area contributed by atoms with E-state index >= 15 is 0 Å². The van der Waals surface area contributed by atoms with E-state index in [1.54, 1.807) is 7.11 Å². The van der Waals surface area contributed by atoms with Gasteiger partial charge < -0.3 is 4.74 Å². The molecule has 0 radical (unpaired) electrons. The summed E-state index contributed by atoms with van der Waals surface area (Å²) in [6.45, 7) is 8.53. The van der Waals surface area contributed by atoms with E-state index in [0.29, 0.717) is 17.7 Å². The van der Waals surface area contributed by atoms with Crippen molar-refractivity contribution in [1.29, 1.82) is 0 Å². The summed E-state index contributed by atoms with van der Waals surface area (Å²) in [5.41, 5.74) is 1.94. The van der Waals surface area contributed by atoms with Crippen LogP contribution in [-0.2, 0) is 6.42 Å². The minimum Gasteiger partial charge on any atom is -0.480 e. The molecule has 84 valence electrons. The fourth-order valence-corrected chi connectivity index (χ4v) is 1.48. The first-order valence-electron chi connectivity index (χ1n) is 5.44. The van der Waals surface area contributed by atoms with Crippen molar-refractivity contribution in [3.63, 3.8) is 0 Å². The van der Waals surface area contributed by atoms with Crippen molar-refractivity contribution in [2.45, 2.75) is 40.0 Å². The second-order valence-electron chi connectivity index (χ2n) is 4.51. The normalized spacial score (nSPS) is 11.1. The molecule has 0 unspecified atom stereocenters. The number of methoxy groups -OCH3 is 1. The molecule has 0 aliphatic heterocycles. The molecular formula is C12H20N2O. The lowest BCUT2D eigenvalue weighted by Gasteiger charge is -2.11. The second kappa shape index (κ2) is 5.10. The summed E-state index contributed by atoms with van der Waals surface area (Å²) in [6, 6.07) is 0. The Labute approximate surface area is 91.9 Å². The van der Waals surface area contributed by atoms with Gasteiger partial charge in [-0.2, -0.15) is 0 Å². The Morgan fingerprint density at radius 2 is 1.93 bits per heavy atom. The highest BCUT2D eigenvalue weighted by Crippen LogP contribution is 2.22. The van der Waals surface area contributed by atoms with Crippen molar-refractivity contribution in [1.82, 2.24) is 9.97 Å². The Morgan fingerprint density at radius 3 is 2.40 bits per heavy atom. The smallest absolute Gasteiger partial charge is 0.235 e. The highest BCUT2D eigenvalue weighted by molar-refractivity contribution is 5.23. The number of nitrogens with zero attached hydrogens (tertiary/aromatic N) is 2. The zero-order valence-corrected chi connectivity index (χ0v) is 10.2. The first kappa shape index (κ1) is 12.0. The Morgan fingerprint density at radius 1 is 1.27 bits per heavy atom. The van der Waals surface area contributed by atoms with Crippen LogP contribution in [0.15, 0.2) is 6.20 Å². The summed E-state index contributed by atoms with van der Waals surface area (Å²) in [5.74, 6) is 1.61. The monoisotopic (exact) mass is 208 g/mol. The first-order chi connectivity index (χ1) is 7.04. The van der Waals surface area contributed by atoms with E-state index in [0.717, 1.165) is 17.8 Å². The highest BCUT2D eigenvalue weighted by atomic mass is 16.5. The fourth-order valence-electron chi connectivity index (χ4n) is 1.48. The van der Waals surface area contributed by atoms with E-state index in [-0.39, 0.29) is 0 Å². The molecule has 1 aromatic heterocycles. The van der Waals surface area contributed by atoms with Gasteiger partial charge in [-0.05, 0) is 12.3 Å². The van der Waals surface area contributed by atoms with Gasteiger partial charge in [0.15, 0.2) is 0 Å². The predicted molar refractivity (Wildman–Crippen MR) is 61.2 cm³/mol. The summed E-state index contributed by atoms with van der Waals surface area (Å²) >= 11 is 0. The van der Waals surface area contributed by atoms with Gasteiger partial charge in [0, 0.05) is 12.1 Å². The Kier molecular flexibility index (Phi) is 4.06. The Hall–Kier alpha value is -1.12. The SMILES string of the molecule is COc1nc(CC(C)C)cnc1C(C)C. The number of hydrogen-bond acceptors (Lipinski definition) is 3. The van der Waals surface area contributed by atoms with E-state index < -0.39 is 0 Å². The number of ether oxygens (including phenoxy) is 1. The largest absolute Gasteiger partial charge is 0.480 e. The highest BCUT2D eigenvalue weighted by Gasteiger charge is 2.11. The van der Waals surface area contributed by atoms with Gasteiger partial charge in [0.1, 0.15) is 5.69 Å². The molecule has 1 rings (SSSR count). The summed E-state index contributed by atoms with van der Waals surface area (Å²) < 4.78 is 5.26. The summed E-state index contributed by atoms with van der Waals surface area (Å²) in [4.78, 5) is 8.88. The number of rotatable bonds is 4. The van der Waals surface area contributed by atoms with Crippen LogP contribution >= 0.6 is 0 Å². The fraction of sp³-hybridized carbons (Fsp3) is 0.667. The molecule has 3 heteroatoms. The van der Waals surface area contributed by atoms with E-state index in [2.05, 4.69) is 37.7 Å². The third-order valence-corrected chi connectivity index (χ3v) is 2.17. The molecule has 0 amide bonds. The molecular weight excluding hydrogens is 188 g/mol. The van der Waals surface area contributed by atoms with Crippen molar-refractivity contribution in [3.8, 4) is 5.88 Å². The third-order valence-electron chi connectivity index (χ3n) is 2.17. The summed E-state index contributed by atoms with van der Waals surface area (Å²) in [7, 11) is 1.65. The molecule has 0 bridgehead atoms. The number of aromatic nitrogens is 2. The van der Waals surface area contributed by atoms with E-state index in [9.17, 15) is 0 Å². The van der Waals surface area contributed by atoms with Gasteiger partial charge in [0.05, 0.1) is 12.8 Å². The van der Waals surface area contributed by atoms with Crippen LogP contribution < -0.4 is 4.74 Å². The molecule has 0 saturated carbocycles. The molecule has 0 aliphatic carbocycles. The maximum Gasteiger partial charge on any atom is 0.235 e. The van der Waals surface area contributed by atoms with Crippen molar-refractivity contribution < 1.29 is 4.74 Å². The van der Waals surface area contributed by atoms with E-state index in [1.165, 1.54) is 0 Å². The lowest BCUT2D eigenvalue weighted by atomic mass is 10.1. The molecule has 1 aromatic rings. The molecule has 0 fully saturated rings. The zero-order valence-electron chi connectivity index (χ0n) is 10.2. The molecule has 0 N–H and O–H groups in total. The van der Waals surface area contributed by atoms with Gasteiger partial charge in [-0.1, -0.05) is 27.7 Å². The van der Waals surface area contributed by atoms with Crippen LogP contribution in [0.2, 0.25) is 0 Å². The molecule has 0 aromatic carbocycles. The standard InChI is InChI=1S/C12H20N2O/c1-8(2)6-10-7-13-11(9(3)4)12(14-10)15-5/h7-9H,6H2,1-5H3. The molecule has 3 nitrogen and oxygen atoms in total. The maximum atomic E-state index is 5.26. The van der Waals surface area contributed by atoms with Crippen LogP contribution in [0, 0.1) is 5.92 Å². The van der Waals surface area contributed by atoms with Gasteiger partial charge in [0.2, 0.25) is 5.88 Å². The molecule has 15 heavy (non-hydrogen) atoms. The van der Waals surface area contributed by atoms with Crippen LogP contribution in [-0.4, -0.2) is 17.1 Å². The summed E-state index contributed by atoms with van der Waals surface area (Å²) in [6.07, 6.45) is 2.81. The second-order valence-corrected chi connectivity index (χ2v) is 4.51.